The van der Waals surface area contributed by atoms with Gasteiger partial charge in [-0.15, -0.1) is 0 Å². The number of aryl methyl sites for hydroxylation is 2. The first-order valence-electron chi connectivity index (χ1n) is 7.94. The number of benzene rings is 1. The topological polar surface area (TPSA) is 42.7 Å². The number of nitrogens with zero attached hydrogens (tertiary/aromatic N) is 4. The molecular weight excluding hydrogens is 288 g/mol. The Morgan fingerprint density at radius 2 is 2.09 bits per heavy atom. The Labute approximate surface area is 135 Å². The zero-order valence-electron chi connectivity index (χ0n) is 13.5. The fourth-order valence-corrected chi connectivity index (χ4v) is 3.18. The Morgan fingerprint density at radius 1 is 1.22 bits per heavy atom. The third kappa shape index (κ3) is 2.68. The van der Waals surface area contributed by atoms with Crippen LogP contribution in [0.4, 0.5) is 0 Å². The summed E-state index contributed by atoms with van der Waals surface area (Å²) in [6.45, 7) is 7.42. The smallest absolute Gasteiger partial charge is 0.159 e. The van der Waals surface area contributed by atoms with E-state index in [1.165, 1.54) is 5.56 Å². The maximum atomic E-state index is 5.85. The molecule has 0 N–H and O–H groups in total. The number of hydrogen-bond acceptors (Lipinski definition) is 4. The van der Waals surface area contributed by atoms with Crippen LogP contribution in [0.5, 0.6) is 5.75 Å². The number of hydrogen-bond donors (Lipinski definition) is 0. The van der Waals surface area contributed by atoms with E-state index in [9.17, 15) is 0 Å². The van der Waals surface area contributed by atoms with Gasteiger partial charge in [0.05, 0.1) is 6.20 Å². The van der Waals surface area contributed by atoms with Gasteiger partial charge in [-0.1, -0.05) is 18.2 Å². The molecule has 0 aliphatic carbocycles. The van der Waals surface area contributed by atoms with Gasteiger partial charge >= 0.3 is 0 Å². The molecule has 3 aromatic rings. The molecule has 23 heavy (non-hydrogen) atoms. The van der Waals surface area contributed by atoms with E-state index in [4.69, 9.17) is 4.74 Å². The molecule has 4 rings (SSSR count). The largest absolute Gasteiger partial charge is 0.492 e. The average molecular weight is 308 g/mol. The van der Waals surface area contributed by atoms with Crippen molar-refractivity contribution in [3.05, 3.63) is 59.0 Å². The highest BCUT2D eigenvalue weighted by Crippen LogP contribution is 2.24. The molecule has 5 nitrogen and oxygen atoms in total. The first-order chi connectivity index (χ1) is 11.2. The van der Waals surface area contributed by atoms with Crippen molar-refractivity contribution in [2.75, 3.05) is 13.2 Å². The zero-order valence-corrected chi connectivity index (χ0v) is 13.5. The molecule has 0 atom stereocenters. The Morgan fingerprint density at radius 3 is 3.00 bits per heavy atom. The lowest BCUT2D eigenvalue weighted by molar-refractivity contribution is 0.220. The summed E-state index contributed by atoms with van der Waals surface area (Å²) in [5.41, 5.74) is 5.50. The van der Waals surface area contributed by atoms with Crippen molar-refractivity contribution in [3.8, 4) is 5.75 Å². The lowest BCUT2D eigenvalue weighted by Gasteiger charge is -2.18. The van der Waals surface area contributed by atoms with Crippen molar-refractivity contribution in [2.24, 2.45) is 0 Å². The van der Waals surface area contributed by atoms with E-state index in [1.54, 1.807) is 0 Å². The molecule has 1 aliphatic rings. The van der Waals surface area contributed by atoms with E-state index in [1.807, 2.05) is 29.8 Å². The minimum absolute atomic E-state index is 0.710. The van der Waals surface area contributed by atoms with Crippen LogP contribution in [0.3, 0.4) is 0 Å². The second-order valence-electron chi connectivity index (χ2n) is 6.11. The molecule has 118 valence electrons. The van der Waals surface area contributed by atoms with Crippen LogP contribution in [0.2, 0.25) is 0 Å². The lowest BCUT2D eigenvalue weighted by Crippen LogP contribution is -2.25. The molecule has 3 heterocycles. The van der Waals surface area contributed by atoms with E-state index in [0.29, 0.717) is 6.61 Å². The van der Waals surface area contributed by atoms with Crippen LogP contribution in [0, 0.1) is 13.8 Å². The highest BCUT2D eigenvalue weighted by Gasteiger charge is 2.17. The van der Waals surface area contributed by atoms with E-state index in [0.717, 1.165) is 48.0 Å². The van der Waals surface area contributed by atoms with Gasteiger partial charge in [0.15, 0.2) is 5.65 Å². The Kier molecular flexibility index (Phi) is 3.50. The van der Waals surface area contributed by atoms with Gasteiger partial charge in [-0.05, 0) is 26.0 Å². The van der Waals surface area contributed by atoms with Crippen molar-refractivity contribution in [1.82, 2.24) is 19.5 Å². The Hall–Kier alpha value is -2.40. The number of fused-ring (bicyclic) bond motifs is 2. The van der Waals surface area contributed by atoms with E-state index < -0.39 is 0 Å². The van der Waals surface area contributed by atoms with Gasteiger partial charge in [-0.25, -0.2) is 9.50 Å². The van der Waals surface area contributed by atoms with E-state index in [2.05, 4.69) is 40.1 Å². The second kappa shape index (κ2) is 5.66. The summed E-state index contributed by atoms with van der Waals surface area (Å²) in [5.74, 6) is 1.000. The molecule has 0 bridgehead atoms. The van der Waals surface area contributed by atoms with Gasteiger partial charge in [0.25, 0.3) is 0 Å². The van der Waals surface area contributed by atoms with Crippen LogP contribution >= 0.6 is 0 Å². The van der Waals surface area contributed by atoms with Crippen LogP contribution in [-0.2, 0) is 13.1 Å². The molecule has 0 saturated carbocycles. The SMILES string of the molecule is Cc1cc(C)n2ncc(CN3CCOc4ccccc4C3)c2n1. The van der Waals surface area contributed by atoms with E-state index >= 15 is 0 Å². The summed E-state index contributed by atoms with van der Waals surface area (Å²) in [4.78, 5) is 7.06. The first-order valence-corrected chi connectivity index (χ1v) is 7.94. The maximum Gasteiger partial charge on any atom is 0.159 e. The quantitative estimate of drug-likeness (QED) is 0.730. The molecule has 0 radical (unpaired) electrons. The third-order valence-corrected chi connectivity index (χ3v) is 4.28. The van der Waals surface area contributed by atoms with Gasteiger partial charge in [-0.3, -0.25) is 4.90 Å². The molecule has 0 saturated heterocycles. The van der Waals surface area contributed by atoms with Crippen LogP contribution in [-0.4, -0.2) is 32.6 Å². The van der Waals surface area contributed by atoms with Crippen molar-refractivity contribution in [2.45, 2.75) is 26.9 Å². The molecule has 0 fully saturated rings. The average Bonchev–Trinajstić information content (AvgIpc) is 2.80. The Bertz CT molecular complexity index is 855. The minimum atomic E-state index is 0.710. The molecule has 0 amide bonds. The monoisotopic (exact) mass is 308 g/mol. The summed E-state index contributed by atoms with van der Waals surface area (Å²) in [6, 6.07) is 10.3. The number of ether oxygens (including phenoxy) is 1. The minimum Gasteiger partial charge on any atom is -0.492 e. The predicted molar refractivity (Wildman–Crippen MR) is 88.5 cm³/mol. The molecule has 1 aliphatic heterocycles. The van der Waals surface area contributed by atoms with Gasteiger partial charge in [0.2, 0.25) is 0 Å². The van der Waals surface area contributed by atoms with Crippen molar-refractivity contribution in [3.63, 3.8) is 0 Å². The molecule has 0 unspecified atom stereocenters. The highest BCUT2D eigenvalue weighted by molar-refractivity contribution is 5.48. The fourth-order valence-electron chi connectivity index (χ4n) is 3.18. The summed E-state index contributed by atoms with van der Waals surface area (Å²) in [5, 5.41) is 4.49. The predicted octanol–water partition coefficient (Wildman–Crippen LogP) is 2.74. The van der Waals surface area contributed by atoms with Crippen LogP contribution in [0.15, 0.2) is 36.5 Å². The summed E-state index contributed by atoms with van der Waals surface area (Å²) in [7, 11) is 0. The first kappa shape index (κ1) is 14.2. The fraction of sp³-hybridized carbons (Fsp3) is 0.333. The Balaban J connectivity index is 1.63. The summed E-state index contributed by atoms with van der Waals surface area (Å²) < 4.78 is 7.77. The summed E-state index contributed by atoms with van der Waals surface area (Å²) >= 11 is 0. The van der Waals surface area contributed by atoms with Gasteiger partial charge in [-0.2, -0.15) is 5.10 Å². The number of para-hydroxylation sites is 1. The van der Waals surface area contributed by atoms with Crippen molar-refractivity contribution < 1.29 is 4.74 Å². The second-order valence-corrected chi connectivity index (χ2v) is 6.11. The molecule has 5 heteroatoms. The van der Waals surface area contributed by atoms with Gasteiger partial charge < -0.3 is 4.74 Å². The standard InChI is InChI=1S/C18H20N4O/c1-13-9-14(2)22-18(20-13)16(10-19-22)12-21-7-8-23-17-6-4-3-5-15(17)11-21/h3-6,9-10H,7-8,11-12H2,1-2H3. The van der Waals surface area contributed by atoms with Crippen molar-refractivity contribution >= 4 is 5.65 Å². The number of rotatable bonds is 2. The van der Waals surface area contributed by atoms with Crippen LogP contribution in [0.25, 0.3) is 5.65 Å². The normalized spacial score (nSPS) is 15.2. The highest BCUT2D eigenvalue weighted by atomic mass is 16.5. The molecular formula is C18H20N4O. The summed E-state index contributed by atoms with van der Waals surface area (Å²) in [6.07, 6.45) is 1.94. The zero-order chi connectivity index (χ0) is 15.8. The molecule has 0 spiro atoms. The number of aromatic nitrogens is 3. The molecule has 2 aromatic heterocycles. The van der Waals surface area contributed by atoms with Crippen molar-refractivity contribution in [1.29, 1.82) is 0 Å². The maximum absolute atomic E-state index is 5.85. The van der Waals surface area contributed by atoms with Gasteiger partial charge in [0.1, 0.15) is 12.4 Å². The molecule has 1 aromatic carbocycles. The lowest BCUT2D eigenvalue weighted by atomic mass is 10.2. The third-order valence-electron chi connectivity index (χ3n) is 4.28. The van der Waals surface area contributed by atoms with Crippen LogP contribution in [0.1, 0.15) is 22.5 Å². The van der Waals surface area contributed by atoms with Gasteiger partial charge in [0, 0.05) is 42.1 Å². The van der Waals surface area contributed by atoms with Crippen LogP contribution < -0.4 is 4.74 Å². The van der Waals surface area contributed by atoms with E-state index in [-0.39, 0.29) is 0 Å².